The summed E-state index contributed by atoms with van der Waals surface area (Å²) in [5.74, 6) is -1.14. The number of hydrogen-bond acceptors (Lipinski definition) is 2. The van der Waals surface area contributed by atoms with E-state index in [2.05, 4.69) is 15.6 Å². The van der Waals surface area contributed by atoms with Gasteiger partial charge in [-0.25, -0.2) is 0 Å². The molecule has 1 aromatic heterocycles. The average molecular weight is 299 g/mol. The molecule has 1 aliphatic carbocycles. The molecule has 1 saturated carbocycles. The van der Waals surface area contributed by atoms with Crippen LogP contribution in [0.4, 0.5) is 5.69 Å². The van der Waals surface area contributed by atoms with Crippen molar-refractivity contribution < 1.29 is 9.59 Å². The number of fused-ring (bicyclic) bond motifs is 1. The SMILES string of the molecule is O=C(Nc1ccc2cc[nH]c2c1)C(=O)NC1CCCCCC1. The van der Waals surface area contributed by atoms with Gasteiger partial charge >= 0.3 is 11.8 Å². The Kier molecular flexibility index (Phi) is 4.42. The van der Waals surface area contributed by atoms with Crippen molar-refractivity contribution in [3.05, 3.63) is 30.5 Å². The molecule has 5 nitrogen and oxygen atoms in total. The third kappa shape index (κ3) is 3.47. The molecule has 22 heavy (non-hydrogen) atoms. The van der Waals surface area contributed by atoms with Crippen LogP contribution in [0.15, 0.2) is 30.5 Å². The van der Waals surface area contributed by atoms with Gasteiger partial charge in [0.05, 0.1) is 0 Å². The van der Waals surface area contributed by atoms with Crippen molar-refractivity contribution in [2.75, 3.05) is 5.32 Å². The zero-order valence-electron chi connectivity index (χ0n) is 12.5. The molecule has 0 bridgehead atoms. The van der Waals surface area contributed by atoms with E-state index < -0.39 is 11.8 Å². The average Bonchev–Trinajstić information content (AvgIpc) is 2.83. The van der Waals surface area contributed by atoms with Crippen LogP contribution in [0.5, 0.6) is 0 Å². The summed E-state index contributed by atoms with van der Waals surface area (Å²) < 4.78 is 0. The van der Waals surface area contributed by atoms with Gasteiger partial charge in [0.25, 0.3) is 0 Å². The molecule has 3 rings (SSSR count). The van der Waals surface area contributed by atoms with E-state index in [4.69, 9.17) is 0 Å². The lowest BCUT2D eigenvalue weighted by molar-refractivity contribution is -0.136. The minimum absolute atomic E-state index is 0.131. The molecule has 0 spiro atoms. The fraction of sp³-hybridized carbons (Fsp3) is 0.412. The Balaban J connectivity index is 1.59. The first kappa shape index (κ1) is 14.6. The quantitative estimate of drug-likeness (QED) is 0.589. The van der Waals surface area contributed by atoms with Gasteiger partial charge in [0.2, 0.25) is 0 Å². The molecule has 1 heterocycles. The number of rotatable bonds is 2. The molecule has 0 aliphatic heterocycles. The van der Waals surface area contributed by atoms with E-state index >= 15 is 0 Å². The molecule has 0 saturated heterocycles. The summed E-state index contributed by atoms with van der Waals surface area (Å²) in [5.41, 5.74) is 1.55. The standard InChI is InChI=1S/C17H21N3O2/c21-16(19-13-5-3-1-2-4-6-13)17(22)20-14-8-7-12-9-10-18-15(12)11-14/h7-11,13,18H,1-6H2,(H,19,21)(H,20,22). The summed E-state index contributed by atoms with van der Waals surface area (Å²) in [7, 11) is 0. The first-order valence-electron chi connectivity index (χ1n) is 7.91. The lowest BCUT2D eigenvalue weighted by Crippen LogP contribution is -2.41. The van der Waals surface area contributed by atoms with Crippen molar-refractivity contribution in [1.29, 1.82) is 0 Å². The number of anilines is 1. The van der Waals surface area contributed by atoms with Gasteiger partial charge in [-0.1, -0.05) is 31.7 Å². The summed E-state index contributed by atoms with van der Waals surface area (Å²) >= 11 is 0. The van der Waals surface area contributed by atoms with E-state index in [0.717, 1.165) is 36.6 Å². The normalized spacial score (nSPS) is 16.2. The van der Waals surface area contributed by atoms with Crippen molar-refractivity contribution in [2.45, 2.75) is 44.6 Å². The summed E-state index contributed by atoms with van der Waals surface area (Å²) in [6.45, 7) is 0. The third-order valence-electron chi connectivity index (χ3n) is 4.21. The van der Waals surface area contributed by atoms with Crippen LogP contribution in [0, 0.1) is 0 Å². The van der Waals surface area contributed by atoms with Gasteiger partial charge in [-0.05, 0) is 36.4 Å². The van der Waals surface area contributed by atoms with Gasteiger partial charge in [-0.3, -0.25) is 9.59 Å². The van der Waals surface area contributed by atoms with Gasteiger partial charge in [0, 0.05) is 23.4 Å². The van der Waals surface area contributed by atoms with Gasteiger partial charge < -0.3 is 15.6 Å². The van der Waals surface area contributed by atoms with E-state index in [-0.39, 0.29) is 6.04 Å². The van der Waals surface area contributed by atoms with Crippen molar-refractivity contribution in [3.8, 4) is 0 Å². The Morgan fingerprint density at radius 2 is 1.77 bits per heavy atom. The molecule has 0 unspecified atom stereocenters. The van der Waals surface area contributed by atoms with Crippen LogP contribution in [0.2, 0.25) is 0 Å². The predicted molar refractivity (Wildman–Crippen MR) is 86.6 cm³/mol. The molecule has 2 aromatic rings. The van der Waals surface area contributed by atoms with E-state index in [1.165, 1.54) is 12.8 Å². The Hall–Kier alpha value is -2.30. The summed E-state index contributed by atoms with van der Waals surface area (Å²) in [6.07, 6.45) is 8.45. The number of aromatic amines is 1. The maximum absolute atomic E-state index is 12.0. The highest BCUT2D eigenvalue weighted by atomic mass is 16.2. The topological polar surface area (TPSA) is 74.0 Å². The van der Waals surface area contributed by atoms with E-state index in [1.54, 1.807) is 6.07 Å². The number of nitrogens with one attached hydrogen (secondary N) is 3. The molecule has 1 aliphatic rings. The molecular weight excluding hydrogens is 278 g/mol. The molecule has 0 atom stereocenters. The van der Waals surface area contributed by atoms with Crippen molar-refractivity contribution in [1.82, 2.24) is 10.3 Å². The summed E-state index contributed by atoms with van der Waals surface area (Å²) in [4.78, 5) is 27.1. The second kappa shape index (κ2) is 6.64. The number of amides is 2. The van der Waals surface area contributed by atoms with Gasteiger partial charge in [0.15, 0.2) is 0 Å². The molecular formula is C17H21N3O2. The van der Waals surface area contributed by atoms with Crippen molar-refractivity contribution >= 4 is 28.4 Å². The van der Waals surface area contributed by atoms with Crippen LogP contribution in [0.3, 0.4) is 0 Å². The maximum atomic E-state index is 12.0. The Labute approximate surface area is 129 Å². The minimum Gasteiger partial charge on any atom is -0.361 e. The highest BCUT2D eigenvalue weighted by Gasteiger charge is 2.19. The second-order valence-electron chi connectivity index (χ2n) is 5.90. The van der Waals surface area contributed by atoms with Crippen LogP contribution in [-0.4, -0.2) is 22.8 Å². The zero-order chi connectivity index (χ0) is 15.4. The number of benzene rings is 1. The Bertz CT molecular complexity index is 669. The first-order valence-corrected chi connectivity index (χ1v) is 7.91. The number of aromatic nitrogens is 1. The summed E-state index contributed by atoms with van der Waals surface area (Å²) in [6, 6.07) is 7.62. The van der Waals surface area contributed by atoms with E-state index in [0.29, 0.717) is 5.69 Å². The predicted octanol–water partition coefficient (Wildman–Crippen LogP) is 2.95. The molecule has 0 radical (unpaired) electrons. The maximum Gasteiger partial charge on any atom is 0.313 e. The molecule has 1 aromatic carbocycles. The zero-order valence-corrected chi connectivity index (χ0v) is 12.5. The highest BCUT2D eigenvalue weighted by Crippen LogP contribution is 2.18. The van der Waals surface area contributed by atoms with Crippen molar-refractivity contribution in [2.24, 2.45) is 0 Å². The fourth-order valence-corrected chi connectivity index (χ4v) is 2.99. The number of carbonyl (C=O) groups is 2. The van der Waals surface area contributed by atoms with Gasteiger partial charge in [0.1, 0.15) is 0 Å². The van der Waals surface area contributed by atoms with Crippen LogP contribution in [0.25, 0.3) is 10.9 Å². The Morgan fingerprint density at radius 3 is 2.55 bits per heavy atom. The fourth-order valence-electron chi connectivity index (χ4n) is 2.99. The number of hydrogen-bond donors (Lipinski definition) is 3. The van der Waals surface area contributed by atoms with Gasteiger partial charge in [-0.2, -0.15) is 0 Å². The summed E-state index contributed by atoms with van der Waals surface area (Å²) in [5, 5.41) is 6.58. The molecule has 1 fully saturated rings. The van der Waals surface area contributed by atoms with Crippen LogP contribution >= 0.6 is 0 Å². The second-order valence-corrected chi connectivity index (χ2v) is 5.90. The van der Waals surface area contributed by atoms with Crippen molar-refractivity contribution in [3.63, 3.8) is 0 Å². The number of H-pyrrole nitrogens is 1. The lowest BCUT2D eigenvalue weighted by Gasteiger charge is -2.15. The molecule has 116 valence electrons. The lowest BCUT2D eigenvalue weighted by atomic mass is 10.1. The van der Waals surface area contributed by atoms with E-state index in [9.17, 15) is 9.59 Å². The largest absolute Gasteiger partial charge is 0.361 e. The van der Waals surface area contributed by atoms with Crippen LogP contribution in [0.1, 0.15) is 38.5 Å². The minimum atomic E-state index is -0.602. The molecule has 2 amide bonds. The third-order valence-corrected chi connectivity index (χ3v) is 4.21. The van der Waals surface area contributed by atoms with Crippen LogP contribution in [-0.2, 0) is 9.59 Å². The van der Waals surface area contributed by atoms with Crippen LogP contribution < -0.4 is 10.6 Å². The van der Waals surface area contributed by atoms with Gasteiger partial charge in [-0.15, -0.1) is 0 Å². The molecule has 5 heteroatoms. The molecule has 3 N–H and O–H groups in total. The van der Waals surface area contributed by atoms with E-state index in [1.807, 2.05) is 24.4 Å². The highest BCUT2D eigenvalue weighted by molar-refractivity contribution is 6.39. The smallest absolute Gasteiger partial charge is 0.313 e. The monoisotopic (exact) mass is 299 g/mol. The number of carbonyl (C=O) groups excluding carboxylic acids is 2. The Morgan fingerprint density at radius 1 is 1.00 bits per heavy atom. The first-order chi connectivity index (χ1) is 10.7.